The van der Waals surface area contributed by atoms with Gasteiger partial charge in [-0.1, -0.05) is 0 Å². The standard InChI is InChI=1S/C14H24N4O2/c1-11-6-16-18(8-11)9-12(2)15-7-14(19)17-4-5-20-13(3)10-17/h6,8,12-13,15H,4-5,7,9-10H2,1-3H3/t12-,13-/m0/s1. The third-order valence-electron chi connectivity index (χ3n) is 3.42. The maximum absolute atomic E-state index is 12.1. The van der Waals surface area contributed by atoms with Gasteiger partial charge in [0, 0.05) is 25.3 Å². The zero-order valence-corrected chi connectivity index (χ0v) is 12.5. The molecular weight excluding hydrogens is 256 g/mol. The minimum absolute atomic E-state index is 0.136. The Bertz CT molecular complexity index is 446. The first-order valence-electron chi connectivity index (χ1n) is 7.16. The predicted molar refractivity (Wildman–Crippen MR) is 76.4 cm³/mol. The van der Waals surface area contributed by atoms with Gasteiger partial charge >= 0.3 is 0 Å². The van der Waals surface area contributed by atoms with Crippen molar-refractivity contribution in [3.8, 4) is 0 Å². The van der Waals surface area contributed by atoms with Crippen LogP contribution in [0.1, 0.15) is 19.4 Å². The van der Waals surface area contributed by atoms with Crippen molar-refractivity contribution < 1.29 is 9.53 Å². The van der Waals surface area contributed by atoms with Gasteiger partial charge in [-0.15, -0.1) is 0 Å². The van der Waals surface area contributed by atoms with Gasteiger partial charge in [-0.3, -0.25) is 9.48 Å². The molecule has 1 saturated heterocycles. The molecule has 1 aliphatic rings. The van der Waals surface area contributed by atoms with E-state index in [-0.39, 0.29) is 18.1 Å². The molecule has 0 saturated carbocycles. The van der Waals surface area contributed by atoms with Crippen molar-refractivity contribution in [2.45, 2.75) is 39.5 Å². The maximum atomic E-state index is 12.1. The van der Waals surface area contributed by atoms with Gasteiger partial charge in [0.2, 0.25) is 5.91 Å². The molecule has 1 aromatic heterocycles. The number of aromatic nitrogens is 2. The molecule has 2 heterocycles. The van der Waals surface area contributed by atoms with Crippen LogP contribution in [0, 0.1) is 6.92 Å². The smallest absolute Gasteiger partial charge is 0.236 e. The van der Waals surface area contributed by atoms with E-state index in [0.717, 1.165) is 12.1 Å². The number of morpholine rings is 1. The Morgan fingerprint density at radius 1 is 1.65 bits per heavy atom. The van der Waals surface area contributed by atoms with Crippen molar-refractivity contribution in [1.82, 2.24) is 20.0 Å². The van der Waals surface area contributed by atoms with E-state index in [9.17, 15) is 4.79 Å². The highest BCUT2D eigenvalue weighted by Crippen LogP contribution is 2.04. The summed E-state index contributed by atoms with van der Waals surface area (Å²) in [7, 11) is 0. The molecule has 0 unspecified atom stereocenters. The first-order chi connectivity index (χ1) is 9.54. The number of aryl methyl sites for hydroxylation is 1. The van der Waals surface area contributed by atoms with Crippen molar-refractivity contribution in [2.75, 3.05) is 26.2 Å². The van der Waals surface area contributed by atoms with Crippen LogP contribution in [-0.4, -0.2) is 59.0 Å². The fourth-order valence-corrected chi connectivity index (χ4v) is 2.33. The van der Waals surface area contributed by atoms with Crippen LogP contribution >= 0.6 is 0 Å². The van der Waals surface area contributed by atoms with E-state index in [4.69, 9.17) is 4.74 Å². The zero-order chi connectivity index (χ0) is 14.5. The lowest BCUT2D eigenvalue weighted by molar-refractivity contribution is -0.137. The normalized spacial score (nSPS) is 20.9. The molecule has 0 radical (unpaired) electrons. The van der Waals surface area contributed by atoms with Crippen LogP contribution in [0.3, 0.4) is 0 Å². The van der Waals surface area contributed by atoms with Crippen LogP contribution in [0.5, 0.6) is 0 Å². The van der Waals surface area contributed by atoms with E-state index in [1.807, 2.05) is 35.8 Å². The van der Waals surface area contributed by atoms with Gasteiger partial charge in [-0.05, 0) is 26.3 Å². The fraction of sp³-hybridized carbons (Fsp3) is 0.714. The average molecular weight is 280 g/mol. The molecule has 0 bridgehead atoms. The van der Waals surface area contributed by atoms with Gasteiger partial charge in [-0.25, -0.2) is 0 Å². The van der Waals surface area contributed by atoms with Crippen molar-refractivity contribution in [3.63, 3.8) is 0 Å². The molecule has 1 aromatic rings. The predicted octanol–water partition coefficient (Wildman–Crippen LogP) is 0.417. The molecule has 6 nitrogen and oxygen atoms in total. The largest absolute Gasteiger partial charge is 0.375 e. The summed E-state index contributed by atoms with van der Waals surface area (Å²) in [6.45, 7) is 9.22. The number of nitrogens with one attached hydrogen (secondary N) is 1. The Morgan fingerprint density at radius 3 is 3.10 bits per heavy atom. The summed E-state index contributed by atoms with van der Waals surface area (Å²) in [5.74, 6) is 0.142. The van der Waals surface area contributed by atoms with E-state index in [1.54, 1.807) is 0 Å². The molecule has 1 fully saturated rings. The lowest BCUT2D eigenvalue weighted by Crippen LogP contribution is -2.48. The van der Waals surface area contributed by atoms with Gasteiger partial charge in [-0.2, -0.15) is 5.10 Å². The maximum Gasteiger partial charge on any atom is 0.236 e. The van der Waals surface area contributed by atoms with E-state index in [1.165, 1.54) is 0 Å². The van der Waals surface area contributed by atoms with Crippen LogP contribution in [0.4, 0.5) is 0 Å². The van der Waals surface area contributed by atoms with Gasteiger partial charge in [0.15, 0.2) is 0 Å². The topological polar surface area (TPSA) is 59.4 Å². The third-order valence-corrected chi connectivity index (χ3v) is 3.42. The Balaban J connectivity index is 1.72. The zero-order valence-electron chi connectivity index (χ0n) is 12.5. The lowest BCUT2D eigenvalue weighted by atomic mass is 10.3. The molecule has 1 amide bonds. The summed E-state index contributed by atoms with van der Waals surface area (Å²) in [5, 5.41) is 7.51. The Morgan fingerprint density at radius 2 is 2.45 bits per heavy atom. The first-order valence-corrected chi connectivity index (χ1v) is 7.16. The van der Waals surface area contributed by atoms with Crippen LogP contribution < -0.4 is 5.32 Å². The minimum Gasteiger partial charge on any atom is -0.375 e. The van der Waals surface area contributed by atoms with E-state index < -0.39 is 0 Å². The van der Waals surface area contributed by atoms with Crippen molar-refractivity contribution >= 4 is 5.91 Å². The third kappa shape index (κ3) is 4.31. The van der Waals surface area contributed by atoms with E-state index >= 15 is 0 Å². The highest BCUT2D eigenvalue weighted by molar-refractivity contribution is 5.78. The number of carbonyl (C=O) groups is 1. The van der Waals surface area contributed by atoms with Crippen LogP contribution in [-0.2, 0) is 16.1 Å². The molecule has 112 valence electrons. The van der Waals surface area contributed by atoms with Gasteiger partial charge in [0.05, 0.1) is 32.0 Å². The number of ether oxygens (including phenoxy) is 1. The summed E-state index contributed by atoms with van der Waals surface area (Å²) in [4.78, 5) is 14.0. The highest BCUT2D eigenvalue weighted by Gasteiger charge is 2.21. The van der Waals surface area contributed by atoms with Gasteiger partial charge < -0.3 is 15.0 Å². The molecule has 0 spiro atoms. The van der Waals surface area contributed by atoms with Gasteiger partial charge in [0.25, 0.3) is 0 Å². The average Bonchev–Trinajstić information content (AvgIpc) is 2.81. The summed E-state index contributed by atoms with van der Waals surface area (Å²) < 4.78 is 7.34. The molecule has 0 aromatic carbocycles. The van der Waals surface area contributed by atoms with Crippen molar-refractivity contribution in [2.24, 2.45) is 0 Å². The number of hydrogen-bond acceptors (Lipinski definition) is 4. The number of hydrogen-bond donors (Lipinski definition) is 1. The Hall–Kier alpha value is -1.40. The second-order valence-electron chi connectivity index (χ2n) is 5.54. The number of amides is 1. The summed E-state index contributed by atoms with van der Waals surface area (Å²) in [6.07, 6.45) is 3.98. The fourth-order valence-electron chi connectivity index (χ4n) is 2.33. The molecule has 1 aliphatic heterocycles. The second kappa shape index (κ2) is 6.85. The second-order valence-corrected chi connectivity index (χ2v) is 5.54. The molecule has 2 atom stereocenters. The molecule has 2 rings (SSSR count). The van der Waals surface area contributed by atoms with Crippen molar-refractivity contribution in [1.29, 1.82) is 0 Å². The quantitative estimate of drug-likeness (QED) is 0.849. The number of nitrogens with zero attached hydrogens (tertiary/aromatic N) is 3. The Kier molecular flexibility index (Phi) is 5.14. The summed E-state index contributed by atoms with van der Waals surface area (Å²) in [6, 6.07) is 0.205. The van der Waals surface area contributed by atoms with Gasteiger partial charge in [0.1, 0.15) is 0 Å². The number of carbonyl (C=O) groups excluding carboxylic acids is 1. The summed E-state index contributed by atoms with van der Waals surface area (Å²) >= 11 is 0. The SMILES string of the molecule is Cc1cnn(C[C@H](C)NCC(=O)N2CCO[C@@H](C)C2)c1. The van der Waals surface area contributed by atoms with Crippen LogP contribution in [0.15, 0.2) is 12.4 Å². The molecule has 6 heteroatoms. The van der Waals surface area contributed by atoms with E-state index in [2.05, 4.69) is 17.3 Å². The molecule has 0 aliphatic carbocycles. The lowest BCUT2D eigenvalue weighted by Gasteiger charge is -2.31. The minimum atomic E-state index is 0.136. The van der Waals surface area contributed by atoms with Crippen LogP contribution in [0.25, 0.3) is 0 Å². The highest BCUT2D eigenvalue weighted by atomic mass is 16.5. The molecular formula is C14H24N4O2. The first kappa shape index (κ1) is 15.0. The molecule has 1 N–H and O–H groups in total. The Labute approximate surface area is 120 Å². The van der Waals surface area contributed by atoms with Crippen molar-refractivity contribution in [3.05, 3.63) is 18.0 Å². The van der Waals surface area contributed by atoms with Crippen LogP contribution in [0.2, 0.25) is 0 Å². The number of rotatable bonds is 5. The summed E-state index contributed by atoms with van der Waals surface area (Å²) in [5.41, 5.74) is 1.15. The molecule has 20 heavy (non-hydrogen) atoms. The van der Waals surface area contributed by atoms with E-state index in [0.29, 0.717) is 26.2 Å². The monoisotopic (exact) mass is 280 g/mol.